The lowest BCUT2D eigenvalue weighted by molar-refractivity contribution is -0.388. The van der Waals surface area contributed by atoms with Crippen LogP contribution in [0.15, 0.2) is 51.1 Å². The maximum Gasteiger partial charge on any atom is 0.418 e. The molecule has 0 unspecified atom stereocenters. The van der Waals surface area contributed by atoms with Crippen molar-refractivity contribution in [3.05, 3.63) is 57.1 Å². The van der Waals surface area contributed by atoms with Gasteiger partial charge in [0, 0.05) is 17.2 Å². The summed E-state index contributed by atoms with van der Waals surface area (Å²) in [6, 6.07) is 6.83. The van der Waals surface area contributed by atoms with Crippen molar-refractivity contribution in [3.8, 4) is 0 Å². The Morgan fingerprint density at radius 1 is 1.16 bits per heavy atom. The van der Waals surface area contributed by atoms with Crippen molar-refractivity contribution in [2.24, 2.45) is 0 Å². The Kier molecular flexibility index (Phi) is 5.35. The second-order valence-electron chi connectivity index (χ2n) is 4.88. The van der Waals surface area contributed by atoms with Crippen LogP contribution >= 0.6 is 23.4 Å². The Bertz CT molecular complexity index is 946. The zero-order valence-electron chi connectivity index (χ0n) is 12.4. The highest BCUT2D eigenvalue weighted by atomic mass is 35.5. The van der Waals surface area contributed by atoms with E-state index in [4.69, 9.17) is 11.6 Å². The van der Waals surface area contributed by atoms with Crippen molar-refractivity contribution in [3.63, 3.8) is 0 Å². The van der Waals surface area contributed by atoms with Gasteiger partial charge in [-0.1, -0.05) is 35.5 Å². The van der Waals surface area contributed by atoms with Gasteiger partial charge in [0.2, 0.25) is 0 Å². The summed E-state index contributed by atoms with van der Waals surface area (Å²) < 4.78 is 62.2. The molecule has 11 heteroatoms. The monoisotopic (exact) mass is 411 g/mol. The number of rotatable bonds is 4. The summed E-state index contributed by atoms with van der Waals surface area (Å²) in [6.45, 7) is 0. The molecule has 25 heavy (non-hydrogen) atoms. The number of nitrogens with zero attached hydrogens (tertiary/aromatic N) is 1. The quantitative estimate of drug-likeness (QED) is 0.532. The van der Waals surface area contributed by atoms with Crippen molar-refractivity contribution in [2.45, 2.75) is 20.9 Å². The third kappa shape index (κ3) is 4.44. The van der Waals surface area contributed by atoms with Gasteiger partial charge >= 0.3 is 6.18 Å². The van der Waals surface area contributed by atoms with Crippen molar-refractivity contribution >= 4 is 38.9 Å². The van der Waals surface area contributed by atoms with Gasteiger partial charge in [-0.25, -0.2) is 8.42 Å². The molecule has 0 fully saturated rings. The van der Waals surface area contributed by atoms with Gasteiger partial charge in [0.05, 0.1) is 25.3 Å². The van der Waals surface area contributed by atoms with Crippen LogP contribution in [0.1, 0.15) is 5.56 Å². The van der Waals surface area contributed by atoms with Gasteiger partial charge in [-0.15, -0.1) is 0 Å². The van der Waals surface area contributed by atoms with Crippen LogP contribution in [-0.4, -0.2) is 19.6 Å². The fourth-order valence-corrected chi connectivity index (χ4v) is 4.59. The lowest BCUT2D eigenvalue weighted by Gasteiger charge is -2.12. The summed E-state index contributed by atoms with van der Waals surface area (Å²) in [5, 5.41) is 10.4. The number of alkyl halides is 3. The van der Waals surface area contributed by atoms with Gasteiger partial charge in [0.25, 0.3) is 5.69 Å². The lowest BCUT2D eigenvalue weighted by atomic mass is 10.2. The highest BCUT2D eigenvalue weighted by Crippen LogP contribution is 2.44. The standard InChI is InChI=1S/C14H9ClF3NO4S2/c1-25(22,23)13-5-3-2-4-11(13)24-12-7-9(15)8(14(16,17)18)6-10(12)19(20)21/h2-7H,1H3. The van der Waals surface area contributed by atoms with E-state index < -0.39 is 37.2 Å². The van der Waals surface area contributed by atoms with Crippen molar-refractivity contribution in [2.75, 3.05) is 6.26 Å². The molecule has 0 radical (unpaired) electrons. The Hall–Kier alpha value is -1.78. The molecular weight excluding hydrogens is 403 g/mol. The number of hydrogen-bond donors (Lipinski definition) is 0. The van der Waals surface area contributed by atoms with E-state index in [0.717, 1.165) is 12.3 Å². The molecule has 0 amide bonds. The lowest BCUT2D eigenvalue weighted by Crippen LogP contribution is -2.07. The summed E-state index contributed by atoms with van der Waals surface area (Å²) in [5.74, 6) is 0. The van der Waals surface area contributed by atoms with Crippen LogP contribution in [0.5, 0.6) is 0 Å². The minimum absolute atomic E-state index is 0.0923. The van der Waals surface area contributed by atoms with E-state index in [0.29, 0.717) is 17.8 Å². The van der Waals surface area contributed by atoms with Crippen LogP contribution < -0.4 is 0 Å². The number of benzene rings is 2. The van der Waals surface area contributed by atoms with E-state index in [2.05, 4.69) is 0 Å². The van der Waals surface area contributed by atoms with Gasteiger partial charge in [-0.3, -0.25) is 10.1 Å². The second kappa shape index (κ2) is 6.85. The van der Waals surface area contributed by atoms with Crippen molar-refractivity contribution < 1.29 is 26.5 Å². The van der Waals surface area contributed by atoms with Gasteiger partial charge in [-0.2, -0.15) is 13.2 Å². The Morgan fingerprint density at radius 2 is 1.76 bits per heavy atom. The van der Waals surface area contributed by atoms with Gasteiger partial charge in [0.15, 0.2) is 9.84 Å². The smallest absolute Gasteiger partial charge is 0.258 e. The fraction of sp³-hybridized carbons (Fsp3) is 0.143. The summed E-state index contributed by atoms with van der Waals surface area (Å²) in [4.78, 5) is 10.0. The third-order valence-electron chi connectivity index (χ3n) is 3.02. The fourth-order valence-electron chi connectivity index (χ4n) is 1.94. The maximum absolute atomic E-state index is 12.9. The van der Waals surface area contributed by atoms with Crippen molar-refractivity contribution in [1.82, 2.24) is 0 Å². The number of halogens is 4. The highest BCUT2D eigenvalue weighted by molar-refractivity contribution is 8.00. The second-order valence-corrected chi connectivity index (χ2v) is 8.35. The van der Waals surface area contributed by atoms with Crippen LogP contribution in [-0.2, 0) is 16.0 Å². The molecule has 0 aliphatic carbocycles. The molecule has 0 aliphatic heterocycles. The zero-order valence-corrected chi connectivity index (χ0v) is 14.8. The molecule has 5 nitrogen and oxygen atoms in total. The van der Waals surface area contributed by atoms with Crippen molar-refractivity contribution in [1.29, 1.82) is 0 Å². The van der Waals surface area contributed by atoms with E-state index in [1.165, 1.54) is 24.3 Å². The van der Waals surface area contributed by atoms with E-state index in [9.17, 15) is 31.7 Å². The number of nitro benzene ring substituents is 1. The zero-order chi connectivity index (χ0) is 19.0. The molecule has 0 atom stereocenters. The predicted octanol–water partition coefficient (Wildman–Crippen LogP) is 4.82. The molecule has 0 heterocycles. The molecule has 0 N–H and O–H groups in total. The molecule has 0 saturated heterocycles. The largest absolute Gasteiger partial charge is 0.418 e. The molecule has 134 valence electrons. The number of nitro groups is 1. The Labute approximate surface area is 149 Å². The molecule has 0 aromatic heterocycles. The Morgan fingerprint density at radius 3 is 2.28 bits per heavy atom. The van der Waals surface area contributed by atoms with Crippen LogP contribution in [0.25, 0.3) is 0 Å². The SMILES string of the molecule is CS(=O)(=O)c1ccccc1Sc1cc(Cl)c(C(F)(F)F)cc1[N+](=O)[O-]. The Balaban J connectivity index is 2.62. The average molecular weight is 412 g/mol. The number of sulfone groups is 1. The molecule has 2 aromatic rings. The molecule has 0 aliphatic rings. The third-order valence-corrected chi connectivity index (χ3v) is 5.74. The average Bonchev–Trinajstić information content (AvgIpc) is 2.45. The molecule has 0 bridgehead atoms. The highest BCUT2D eigenvalue weighted by Gasteiger charge is 2.36. The summed E-state index contributed by atoms with van der Waals surface area (Å²) in [6.07, 6.45) is -3.89. The predicted molar refractivity (Wildman–Crippen MR) is 86.8 cm³/mol. The van der Waals surface area contributed by atoms with E-state index in [1.54, 1.807) is 0 Å². The minimum atomic E-state index is -4.85. The maximum atomic E-state index is 12.9. The first-order chi connectivity index (χ1) is 11.4. The van der Waals surface area contributed by atoms with Gasteiger partial charge in [0.1, 0.15) is 0 Å². The van der Waals surface area contributed by atoms with E-state index >= 15 is 0 Å². The summed E-state index contributed by atoms with van der Waals surface area (Å²) in [7, 11) is -3.63. The van der Waals surface area contributed by atoms with Crippen LogP contribution in [0.4, 0.5) is 18.9 Å². The summed E-state index contributed by atoms with van der Waals surface area (Å²) >= 11 is 6.27. The first-order valence-corrected chi connectivity index (χ1v) is 9.52. The van der Waals surface area contributed by atoms with Crippen LogP contribution in [0.3, 0.4) is 0 Å². The normalized spacial score (nSPS) is 12.2. The molecule has 0 spiro atoms. The van der Waals surface area contributed by atoms with E-state index in [1.807, 2.05) is 0 Å². The molecular formula is C14H9ClF3NO4S2. The molecule has 2 rings (SSSR count). The number of hydrogen-bond acceptors (Lipinski definition) is 5. The first-order valence-electron chi connectivity index (χ1n) is 6.43. The molecule has 0 saturated carbocycles. The van der Waals surface area contributed by atoms with Crippen LogP contribution in [0, 0.1) is 10.1 Å². The van der Waals surface area contributed by atoms with Gasteiger partial charge in [-0.05, 0) is 18.2 Å². The minimum Gasteiger partial charge on any atom is -0.258 e. The topological polar surface area (TPSA) is 77.3 Å². The van der Waals surface area contributed by atoms with Gasteiger partial charge < -0.3 is 0 Å². The molecule has 2 aromatic carbocycles. The van der Waals surface area contributed by atoms with Crippen LogP contribution in [0.2, 0.25) is 5.02 Å². The summed E-state index contributed by atoms with van der Waals surface area (Å²) in [5.41, 5.74) is -2.15. The van der Waals surface area contributed by atoms with E-state index in [-0.39, 0.29) is 14.7 Å². The first kappa shape index (κ1) is 19.5.